The van der Waals surface area contributed by atoms with Crippen LogP contribution in [0.25, 0.3) is 17.0 Å². The predicted molar refractivity (Wildman–Crippen MR) is 113 cm³/mol. The van der Waals surface area contributed by atoms with Crippen LogP contribution < -0.4 is 0 Å². The monoisotopic (exact) mass is 398 g/mol. The third kappa shape index (κ3) is 4.92. The molecule has 0 saturated heterocycles. The average molecular weight is 398 g/mol. The van der Waals surface area contributed by atoms with E-state index in [0.29, 0.717) is 23.5 Å². The SMILES string of the molecule is CCC/C(F)=C(\F)c1ccc(C(=O)O)c(-c2ccc(C3CCC(C)CC3)cc2)c1. The number of carbonyl (C=O) groups is 1. The van der Waals surface area contributed by atoms with Crippen molar-refractivity contribution in [2.45, 2.75) is 58.3 Å². The van der Waals surface area contributed by atoms with E-state index in [4.69, 9.17) is 0 Å². The Hall–Kier alpha value is -2.49. The van der Waals surface area contributed by atoms with Crippen molar-refractivity contribution in [3.63, 3.8) is 0 Å². The fourth-order valence-corrected chi connectivity index (χ4v) is 4.12. The molecule has 29 heavy (non-hydrogen) atoms. The summed E-state index contributed by atoms with van der Waals surface area (Å²) >= 11 is 0. The largest absolute Gasteiger partial charge is 0.478 e. The van der Waals surface area contributed by atoms with Crippen LogP contribution in [0.15, 0.2) is 48.3 Å². The molecule has 0 bridgehead atoms. The minimum atomic E-state index is -1.09. The molecule has 1 aliphatic carbocycles. The Kier molecular flexibility index (Phi) is 6.83. The molecule has 0 spiro atoms. The van der Waals surface area contributed by atoms with Gasteiger partial charge in [-0.3, -0.25) is 0 Å². The first-order valence-electron chi connectivity index (χ1n) is 10.4. The van der Waals surface area contributed by atoms with Crippen LogP contribution >= 0.6 is 0 Å². The molecule has 0 atom stereocenters. The van der Waals surface area contributed by atoms with Crippen LogP contribution in [-0.4, -0.2) is 11.1 Å². The summed E-state index contributed by atoms with van der Waals surface area (Å²) < 4.78 is 28.4. The highest BCUT2D eigenvalue weighted by molar-refractivity contribution is 5.96. The maximum absolute atomic E-state index is 14.4. The summed E-state index contributed by atoms with van der Waals surface area (Å²) in [5.74, 6) is -1.49. The molecule has 0 radical (unpaired) electrons. The van der Waals surface area contributed by atoms with Gasteiger partial charge in [0.1, 0.15) is 5.83 Å². The van der Waals surface area contributed by atoms with Gasteiger partial charge in [-0.15, -0.1) is 0 Å². The predicted octanol–water partition coefficient (Wildman–Crippen LogP) is 7.75. The number of rotatable bonds is 6. The van der Waals surface area contributed by atoms with Gasteiger partial charge in [-0.25, -0.2) is 13.6 Å². The lowest BCUT2D eigenvalue weighted by molar-refractivity contribution is 0.0697. The zero-order valence-electron chi connectivity index (χ0n) is 17.1. The summed E-state index contributed by atoms with van der Waals surface area (Å²) in [4.78, 5) is 11.7. The van der Waals surface area contributed by atoms with E-state index < -0.39 is 17.6 Å². The zero-order chi connectivity index (χ0) is 21.0. The fourth-order valence-electron chi connectivity index (χ4n) is 4.12. The van der Waals surface area contributed by atoms with Gasteiger partial charge in [0.15, 0.2) is 5.83 Å². The first-order chi connectivity index (χ1) is 13.9. The van der Waals surface area contributed by atoms with E-state index in [9.17, 15) is 18.7 Å². The molecule has 3 rings (SSSR count). The number of hydrogen-bond acceptors (Lipinski definition) is 1. The highest BCUT2D eigenvalue weighted by atomic mass is 19.2. The van der Waals surface area contributed by atoms with Crippen molar-refractivity contribution in [1.29, 1.82) is 0 Å². The van der Waals surface area contributed by atoms with E-state index in [1.807, 2.05) is 24.3 Å². The van der Waals surface area contributed by atoms with Gasteiger partial charge in [0, 0.05) is 12.0 Å². The summed E-state index contributed by atoms with van der Waals surface area (Å²) in [7, 11) is 0. The van der Waals surface area contributed by atoms with Crippen LogP contribution in [-0.2, 0) is 0 Å². The molecule has 0 aromatic heterocycles. The Balaban J connectivity index is 1.95. The van der Waals surface area contributed by atoms with E-state index in [0.717, 1.165) is 5.92 Å². The second kappa shape index (κ2) is 9.34. The lowest BCUT2D eigenvalue weighted by Gasteiger charge is -2.26. The molecule has 2 nitrogen and oxygen atoms in total. The molecular formula is C25H28F2O2. The van der Waals surface area contributed by atoms with Gasteiger partial charge in [0.2, 0.25) is 0 Å². The normalized spacial score (nSPS) is 20.3. The number of carboxylic acid groups (broad SMARTS) is 1. The van der Waals surface area contributed by atoms with E-state index in [2.05, 4.69) is 6.92 Å². The molecule has 0 heterocycles. The molecule has 0 aliphatic heterocycles. The number of carboxylic acids is 1. The first-order valence-corrected chi connectivity index (χ1v) is 10.4. The minimum absolute atomic E-state index is 0.0244. The fraction of sp³-hybridized carbons (Fsp3) is 0.400. The van der Waals surface area contributed by atoms with Crippen LogP contribution in [0.5, 0.6) is 0 Å². The van der Waals surface area contributed by atoms with Crippen LogP contribution in [0.4, 0.5) is 8.78 Å². The van der Waals surface area contributed by atoms with E-state index in [1.54, 1.807) is 6.92 Å². The van der Waals surface area contributed by atoms with Crippen LogP contribution in [0.1, 0.15) is 79.8 Å². The summed E-state index contributed by atoms with van der Waals surface area (Å²) in [6, 6.07) is 12.0. The summed E-state index contributed by atoms with van der Waals surface area (Å²) in [6.45, 7) is 4.07. The van der Waals surface area contributed by atoms with Crippen LogP contribution in [0.3, 0.4) is 0 Å². The van der Waals surface area contributed by atoms with Crippen molar-refractivity contribution in [2.75, 3.05) is 0 Å². The van der Waals surface area contributed by atoms with Crippen molar-refractivity contribution in [3.8, 4) is 11.1 Å². The third-order valence-corrected chi connectivity index (χ3v) is 5.92. The molecule has 154 valence electrons. The van der Waals surface area contributed by atoms with Gasteiger partial charge < -0.3 is 5.11 Å². The average Bonchev–Trinajstić information content (AvgIpc) is 2.73. The second-order valence-corrected chi connectivity index (χ2v) is 8.11. The van der Waals surface area contributed by atoms with E-state index >= 15 is 0 Å². The van der Waals surface area contributed by atoms with Crippen molar-refractivity contribution >= 4 is 11.8 Å². The summed E-state index contributed by atoms with van der Waals surface area (Å²) in [5, 5.41) is 9.55. The lowest BCUT2D eigenvalue weighted by atomic mass is 9.79. The third-order valence-electron chi connectivity index (χ3n) is 5.92. The Bertz CT molecular complexity index is 892. The highest BCUT2D eigenvalue weighted by Crippen LogP contribution is 2.37. The molecule has 2 aromatic rings. The summed E-state index contributed by atoms with van der Waals surface area (Å²) in [6.07, 6.45) is 5.32. The molecule has 0 amide bonds. The van der Waals surface area contributed by atoms with Crippen molar-refractivity contribution in [1.82, 2.24) is 0 Å². The maximum atomic E-state index is 14.4. The van der Waals surface area contributed by atoms with Crippen molar-refractivity contribution in [3.05, 3.63) is 65.0 Å². The summed E-state index contributed by atoms with van der Waals surface area (Å²) in [5.41, 5.74) is 2.51. The Morgan fingerprint density at radius 3 is 2.28 bits per heavy atom. The highest BCUT2D eigenvalue weighted by Gasteiger charge is 2.20. The van der Waals surface area contributed by atoms with Gasteiger partial charge in [0.25, 0.3) is 0 Å². The lowest BCUT2D eigenvalue weighted by Crippen LogP contribution is -2.10. The Labute approximate surface area is 171 Å². The molecule has 1 N–H and O–H groups in total. The standard InChI is InChI=1S/C25H28F2O2/c1-3-4-23(26)24(27)20-13-14-21(25(28)29)22(15-20)19-11-9-18(10-12-19)17-7-5-16(2)6-8-17/h9-17H,3-8H2,1-2H3,(H,28,29)/b24-23+. The van der Waals surface area contributed by atoms with Gasteiger partial charge in [-0.1, -0.05) is 57.0 Å². The number of allylic oxidation sites excluding steroid dienone is 1. The Morgan fingerprint density at radius 2 is 1.69 bits per heavy atom. The van der Waals surface area contributed by atoms with E-state index in [-0.39, 0.29) is 17.5 Å². The number of halogens is 2. The number of aromatic carboxylic acids is 1. The zero-order valence-corrected chi connectivity index (χ0v) is 17.1. The number of hydrogen-bond donors (Lipinski definition) is 1. The number of benzene rings is 2. The molecule has 1 saturated carbocycles. The Morgan fingerprint density at radius 1 is 1.03 bits per heavy atom. The molecule has 1 fully saturated rings. The maximum Gasteiger partial charge on any atom is 0.336 e. The van der Waals surface area contributed by atoms with E-state index in [1.165, 1.54) is 49.4 Å². The van der Waals surface area contributed by atoms with Gasteiger partial charge >= 0.3 is 5.97 Å². The van der Waals surface area contributed by atoms with Gasteiger partial charge in [-0.05, 0) is 59.9 Å². The smallest absolute Gasteiger partial charge is 0.336 e. The topological polar surface area (TPSA) is 37.3 Å². The quantitative estimate of drug-likeness (QED) is 0.540. The second-order valence-electron chi connectivity index (χ2n) is 8.11. The van der Waals surface area contributed by atoms with Gasteiger partial charge in [0.05, 0.1) is 5.56 Å². The molecular weight excluding hydrogens is 370 g/mol. The minimum Gasteiger partial charge on any atom is -0.478 e. The van der Waals surface area contributed by atoms with Crippen LogP contribution in [0.2, 0.25) is 0 Å². The van der Waals surface area contributed by atoms with Crippen LogP contribution in [0, 0.1) is 5.92 Å². The molecule has 0 unspecified atom stereocenters. The van der Waals surface area contributed by atoms with Crippen molar-refractivity contribution in [2.24, 2.45) is 5.92 Å². The molecule has 1 aliphatic rings. The first kappa shape index (κ1) is 21.2. The molecule has 2 aromatic carbocycles. The van der Waals surface area contributed by atoms with Crippen molar-refractivity contribution < 1.29 is 18.7 Å². The molecule has 4 heteroatoms. The van der Waals surface area contributed by atoms with Gasteiger partial charge in [-0.2, -0.15) is 0 Å².